The number of carbonyl (C=O) groups excluding carboxylic acids is 2. The molecule has 0 unspecified atom stereocenters. The van der Waals surface area contributed by atoms with Crippen LogP contribution in [0.3, 0.4) is 0 Å². The number of carbonyl (C=O) groups is 2. The fourth-order valence-electron chi connectivity index (χ4n) is 2.15. The van der Waals surface area contributed by atoms with Crippen LogP contribution < -0.4 is 10.9 Å². The minimum absolute atomic E-state index is 0.142. The molecule has 0 saturated heterocycles. The van der Waals surface area contributed by atoms with Gasteiger partial charge in [-0.2, -0.15) is 0 Å². The molecule has 2 N–H and O–H groups in total. The molecule has 0 fully saturated rings. The fourth-order valence-corrected chi connectivity index (χ4v) is 2.89. The second kappa shape index (κ2) is 9.15. The monoisotopic (exact) mass is 392 g/mol. The summed E-state index contributed by atoms with van der Waals surface area (Å²) in [4.78, 5) is 36.7. The molecular formula is C18H20N2O6S. The number of aryl methyl sites for hydroxylation is 1. The van der Waals surface area contributed by atoms with E-state index in [4.69, 9.17) is 9.47 Å². The van der Waals surface area contributed by atoms with Crippen molar-refractivity contribution < 1.29 is 24.2 Å². The third-order valence-corrected chi connectivity index (χ3v) is 4.58. The summed E-state index contributed by atoms with van der Waals surface area (Å²) in [5, 5.41) is 14.2. The first kappa shape index (κ1) is 20.4. The number of aromatic nitrogens is 1. The van der Waals surface area contributed by atoms with Crippen molar-refractivity contribution in [3.05, 3.63) is 50.1 Å². The van der Waals surface area contributed by atoms with Crippen LogP contribution in [-0.2, 0) is 16.5 Å². The van der Waals surface area contributed by atoms with Gasteiger partial charge in [-0.3, -0.25) is 14.9 Å². The van der Waals surface area contributed by atoms with Gasteiger partial charge >= 0.3 is 6.09 Å². The number of nitrogens with zero attached hydrogens (tertiary/aromatic N) is 1. The maximum absolute atomic E-state index is 12.3. The van der Waals surface area contributed by atoms with Crippen LogP contribution >= 0.6 is 11.3 Å². The number of methoxy groups -OCH3 is 1. The van der Waals surface area contributed by atoms with Gasteiger partial charge in [0.15, 0.2) is 5.78 Å². The number of pyridine rings is 1. The maximum Gasteiger partial charge on any atom is 0.411 e. The number of thiophene rings is 1. The van der Waals surface area contributed by atoms with Crippen molar-refractivity contribution in [2.45, 2.75) is 6.92 Å². The highest BCUT2D eigenvalue weighted by molar-refractivity contribution is 7.11. The number of ether oxygens (including phenoxy) is 2. The molecule has 0 spiro atoms. The molecule has 9 heteroatoms. The molecule has 2 heterocycles. The Labute approximate surface area is 159 Å². The zero-order valence-electron chi connectivity index (χ0n) is 15.1. The number of nitrogens with one attached hydrogen (secondary N) is 1. The molecule has 8 nitrogen and oxygen atoms in total. The Kier molecular flexibility index (Phi) is 6.91. The van der Waals surface area contributed by atoms with Crippen molar-refractivity contribution in [2.75, 3.05) is 25.6 Å². The molecule has 0 bridgehead atoms. The smallest absolute Gasteiger partial charge is 0.411 e. The highest BCUT2D eigenvalue weighted by atomic mass is 32.1. The average Bonchev–Trinajstić information content (AvgIpc) is 3.05. The second-order valence-electron chi connectivity index (χ2n) is 5.60. The number of allylic oxidation sites excluding steroid dienone is 1. The van der Waals surface area contributed by atoms with Gasteiger partial charge in [0, 0.05) is 36.2 Å². The van der Waals surface area contributed by atoms with E-state index in [1.165, 1.54) is 48.3 Å². The van der Waals surface area contributed by atoms with Crippen LogP contribution in [0.15, 0.2) is 28.4 Å². The summed E-state index contributed by atoms with van der Waals surface area (Å²) in [6.07, 6.45) is 2.11. The van der Waals surface area contributed by atoms with E-state index in [-0.39, 0.29) is 17.9 Å². The molecule has 0 radical (unpaired) electrons. The zero-order valence-corrected chi connectivity index (χ0v) is 16.0. The van der Waals surface area contributed by atoms with E-state index in [0.29, 0.717) is 22.9 Å². The first-order valence-corrected chi connectivity index (χ1v) is 8.84. The number of amides is 1. The van der Waals surface area contributed by atoms with Crippen LogP contribution in [0.5, 0.6) is 5.75 Å². The van der Waals surface area contributed by atoms with Crippen molar-refractivity contribution in [3.8, 4) is 5.75 Å². The van der Waals surface area contributed by atoms with Crippen LogP contribution in [-0.4, -0.2) is 41.9 Å². The lowest BCUT2D eigenvalue weighted by molar-refractivity contribution is 0.104. The van der Waals surface area contributed by atoms with Crippen LogP contribution in [0.25, 0.3) is 6.08 Å². The summed E-state index contributed by atoms with van der Waals surface area (Å²) in [5.41, 5.74) is 0.221. The molecule has 2 aromatic rings. The van der Waals surface area contributed by atoms with E-state index >= 15 is 0 Å². The highest BCUT2D eigenvalue weighted by Crippen LogP contribution is 2.22. The maximum atomic E-state index is 12.3. The van der Waals surface area contributed by atoms with E-state index in [1.54, 1.807) is 18.4 Å². The first-order valence-electron chi connectivity index (χ1n) is 7.96. The van der Waals surface area contributed by atoms with Crippen LogP contribution in [0, 0.1) is 6.92 Å². The largest absolute Gasteiger partial charge is 0.507 e. The third-order valence-electron chi connectivity index (χ3n) is 3.68. The summed E-state index contributed by atoms with van der Waals surface area (Å²) >= 11 is 1.29. The van der Waals surface area contributed by atoms with E-state index in [9.17, 15) is 19.5 Å². The van der Waals surface area contributed by atoms with E-state index < -0.39 is 17.4 Å². The van der Waals surface area contributed by atoms with Gasteiger partial charge in [0.2, 0.25) is 0 Å². The molecule has 0 atom stereocenters. The Hall–Kier alpha value is -2.91. The van der Waals surface area contributed by atoms with Crippen molar-refractivity contribution in [2.24, 2.45) is 7.05 Å². The summed E-state index contributed by atoms with van der Waals surface area (Å²) in [6, 6.07) is 3.02. The lowest BCUT2D eigenvalue weighted by Gasteiger charge is -2.07. The van der Waals surface area contributed by atoms with Crippen LogP contribution in [0.2, 0.25) is 0 Å². The number of rotatable bonds is 7. The van der Waals surface area contributed by atoms with Crippen molar-refractivity contribution in [1.82, 2.24) is 4.57 Å². The van der Waals surface area contributed by atoms with Gasteiger partial charge < -0.3 is 19.1 Å². The number of hydrogen-bond donors (Lipinski definition) is 2. The predicted octanol–water partition coefficient (Wildman–Crippen LogP) is 2.55. The van der Waals surface area contributed by atoms with Crippen molar-refractivity contribution in [3.63, 3.8) is 0 Å². The Morgan fingerprint density at radius 3 is 2.78 bits per heavy atom. The molecule has 0 aliphatic carbocycles. The number of hydrogen-bond acceptors (Lipinski definition) is 7. The first-order chi connectivity index (χ1) is 12.8. The van der Waals surface area contributed by atoms with Gasteiger partial charge in [0.05, 0.1) is 12.3 Å². The van der Waals surface area contributed by atoms with Crippen LogP contribution in [0.4, 0.5) is 10.5 Å². The minimum Gasteiger partial charge on any atom is -0.507 e. The topological polar surface area (TPSA) is 107 Å². The lowest BCUT2D eigenvalue weighted by Crippen LogP contribution is -2.25. The summed E-state index contributed by atoms with van der Waals surface area (Å²) in [6.45, 7) is 2.10. The predicted molar refractivity (Wildman–Crippen MR) is 103 cm³/mol. The third kappa shape index (κ3) is 5.28. The Bertz CT molecular complexity index is 928. The quantitative estimate of drug-likeness (QED) is 0.426. The number of ketones is 1. The normalized spacial score (nSPS) is 10.9. The highest BCUT2D eigenvalue weighted by Gasteiger charge is 2.16. The van der Waals surface area contributed by atoms with Gasteiger partial charge in [-0.05, 0) is 25.1 Å². The van der Waals surface area contributed by atoms with Gasteiger partial charge in [-0.1, -0.05) is 0 Å². The Morgan fingerprint density at radius 1 is 1.33 bits per heavy atom. The Balaban J connectivity index is 2.06. The van der Waals surface area contributed by atoms with Gasteiger partial charge in [0.25, 0.3) is 5.56 Å². The van der Waals surface area contributed by atoms with Gasteiger partial charge in [-0.15, -0.1) is 11.3 Å². The van der Waals surface area contributed by atoms with Crippen molar-refractivity contribution in [1.29, 1.82) is 0 Å². The summed E-state index contributed by atoms with van der Waals surface area (Å²) in [7, 11) is 3.03. The molecule has 1 amide bonds. The van der Waals surface area contributed by atoms with E-state index in [0.717, 1.165) is 0 Å². The molecule has 0 aliphatic heterocycles. The molecular weight excluding hydrogens is 372 g/mol. The molecule has 2 rings (SSSR count). The van der Waals surface area contributed by atoms with Crippen LogP contribution in [0.1, 0.15) is 20.9 Å². The SMILES string of the molecule is COCCOC(=O)Nc1csc(C=CC(=O)c2c(O)cc(C)n(C)c2=O)c1. The molecule has 2 aromatic heterocycles. The van der Waals surface area contributed by atoms with Crippen molar-refractivity contribution >= 4 is 35.0 Å². The minimum atomic E-state index is -0.607. The number of aromatic hydroxyl groups is 1. The zero-order chi connectivity index (χ0) is 20.0. The Morgan fingerprint density at radius 2 is 2.07 bits per heavy atom. The summed E-state index contributed by atoms with van der Waals surface area (Å²) < 4.78 is 11.0. The molecule has 0 aliphatic rings. The number of anilines is 1. The summed E-state index contributed by atoms with van der Waals surface area (Å²) in [5.74, 6) is -0.951. The van der Waals surface area contributed by atoms with Gasteiger partial charge in [0.1, 0.15) is 17.9 Å². The molecule has 0 saturated carbocycles. The van der Waals surface area contributed by atoms with E-state index in [2.05, 4.69) is 5.32 Å². The standard InChI is InChI=1S/C18H20N2O6S/c1-11-8-15(22)16(17(23)20(11)2)14(21)5-4-13-9-12(10-27-13)19-18(24)26-7-6-25-3/h4-5,8-10,22H,6-7H2,1-3H3,(H,19,24). The lowest BCUT2D eigenvalue weighted by atomic mass is 10.1. The average molecular weight is 392 g/mol. The fraction of sp³-hybridized carbons (Fsp3) is 0.278. The molecule has 0 aromatic carbocycles. The second-order valence-corrected chi connectivity index (χ2v) is 6.54. The van der Waals surface area contributed by atoms with Gasteiger partial charge in [-0.25, -0.2) is 4.79 Å². The molecule has 27 heavy (non-hydrogen) atoms. The molecule has 144 valence electrons. The van der Waals surface area contributed by atoms with E-state index in [1.807, 2.05) is 0 Å².